The van der Waals surface area contributed by atoms with Gasteiger partial charge in [0, 0.05) is 6.04 Å². The third-order valence-electron chi connectivity index (χ3n) is 2.67. The van der Waals surface area contributed by atoms with Gasteiger partial charge in [0.15, 0.2) is 0 Å². The molecule has 0 aliphatic rings. The molecule has 2 N–H and O–H groups in total. The van der Waals surface area contributed by atoms with E-state index in [4.69, 9.17) is 0 Å². The van der Waals surface area contributed by atoms with E-state index >= 15 is 0 Å². The van der Waals surface area contributed by atoms with Gasteiger partial charge in [0.05, 0.1) is 0 Å². The first-order valence-electron chi connectivity index (χ1n) is 5.57. The Morgan fingerprint density at radius 1 is 1.29 bits per heavy atom. The van der Waals surface area contributed by atoms with Crippen molar-refractivity contribution >= 4 is 0 Å². The fourth-order valence-electron chi connectivity index (χ4n) is 1.63. The summed E-state index contributed by atoms with van der Waals surface area (Å²) in [5.41, 5.74) is -1.98. The highest BCUT2D eigenvalue weighted by Crippen LogP contribution is 2.20. The first kappa shape index (κ1) is 13.5. The molecule has 1 aromatic heterocycles. The van der Waals surface area contributed by atoms with Crippen molar-refractivity contribution in [1.29, 1.82) is 0 Å². The molecule has 17 heavy (non-hydrogen) atoms. The number of aromatic amines is 1. The molecule has 1 unspecified atom stereocenters. The maximum Gasteiger partial charge on any atom is 0.331 e. The van der Waals surface area contributed by atoms with Crippen LogP contribution in [0.4, 0.5) is 4.39 Å². The van der Waals surface area contributed by atoms with Crippen molar-refractivity contribution in [3.63, 3.8) is 0 Å². The van der Waals surface area contributed by atoms with Crippen LogP contribution in [0.3, 0.4) is 0 Å². The second kappa shape index (κ2) is 5.16. The minimum atomic E-state index is -1.32. The van der Waals surface area contributed by atoms with Gasteiger partial charge in [-0.05, 0) is 25.7 Å². The van der Waals surface area contributed by atoms with Gasteiger partial charge >= 0.3 is 5.69 Å². The molecule has 0 radical (unpaired) electrons. The Kier molecular flexibility index (Phi) is 4.09. The van der Waals surface area contributed by atoms with E-state index in [1.807, 2.05) is 18.8 Å². The van der Waals surface area contributed by atoms with Crippen LogP contribution >= 0.6 is 0 Å². The number of aromatic hydroxyl groups is 1. The summed E-state index contributed by atoms with van der Waals surface area (Å²) in [6, 6.07) is -0.365. The van der Waals surface area contributed by atoms with Gasteiger partial charge in [0.2, 0.25) is 11.7 Å². The van der Waals surface area contributed by atoms with Crippen molar-refractivity contribution in [2.24, 2.45) is 5.92 Å². The lowest BCUT2D eigenvalue weighted by atomic mass is 10.0. The highest BCUT2D eigenvalue weighted by molar-refractivity contribution is 5.10. The Bertz CT molecular complexity index is 504. The molecule has 0 aliphatic carbocycles. The minimum Gasteiger partial charge on any atom is -0.492 e. The van der Waals surface area contributed by atoms with Gasteiger partial charge in [0.1, 0.15) is 0 Å². The molecule has 1 heterocycles. The predicted molar refractivity (Wildman–Crippen MR) is 61.7 cm³/mol. The third-order valence-corrected chi connectivity index (χ3v) is 2.67. The summed E-state index contributed by atoms with van der Waals surface area (Å²) in [7, 11) is 0. The van der Waals surface area contributed by atoms with Crippen molar-refractivity contribution in [1.82, 2.24) is 9.55 Å². The summed E-state index contributed by atoms with van der Waals surface area (Å²) < 4.78 is 14.1. The maximum atomic E-state index is 13.2. The first-order valence-corrected chi connectivity index (χ1v) is 5.57. The molecular weight excluding hydrogens is 227 g/mol. The van der Waals surface area contributed by atoms with E-state index in [1.54, 1.807) is 6.92 Å². The van der Waals surface area contributed by atoms with Gasteiger partial charge in [-0.1, -0.05) is 13.8 Å². The fourth-order valence-corrected chi connectivity index (χ4v) is 1.63. The highest BCUT2D eigenvalue weighted by atomic mass is 19.1. The van der Waals surface area contributed by atoms with Crippen LogP contribution in [0.5, 0.6) is 5.88 Å². The van der Waals surface area contributed by atoms with Crippen LogP contribution in [-0.2, 0) is 0 Å². The molecule has 0 saturated heterocycles. The van der Waals surface area contributed by atoms with Gasteiger partial charge in [-0.25, -0.2) is 4.79 Å². The minimum absolute atomic E-state index is 0.365. The van der Waals surface area contributed by atoms with E-state index in [9.17, 15) is 19.1 Å². The van der Waals surface area contributed by atoms with Crippen molar-refractivity contribution in [3.8, 4) is 5.88 Å². The van der Waals surface area contributed by atoms with Crippen molar-refractivity contribution < 1.29 is 9.50 Å². The summed E-state index contributed by atoms with van der Waals surface area (Å²) >= 11 is 0. The highest BCUT2D eigenvalue weighted by Gasteiger charge is 2.18. The number of nitrogens with one attached hydrogen (secondary N) is 1. The van der Waals surface area contributed by atoms with E-state index in [1.165, 1.54) is 0 Å². The molecule has 0 amide bonds. The van der Waals surface area contributed by atoms with Gasteiger partial charge in [-0.15, -0.1) is 0 Å². The summed E-state index contributed by atoms with van der Waals surface area (Å²) in [5.74, 6) is -1.76. The average molecular weight is 244 g/mol. The SMILES string of the molecule is CC(C)CCC(C)n1c(O)c(F)c(=O)[nH]c1=O. The van der Waals surface area contributed by atoms with Crippen LogP contribution in [0, 0.1) is 11.7 Å². The summed E-state index contributed by atoms with van der Waals surface area (Å²) in [6.45, 7) is 5.76. The lowest BCUT2D eigenvalue weighted by Crippen LogP contribution is -2.33. The first-order chi connectivity index (χ1) is 7.84. The lowest BCUT2D eigenvalue weighted by Gasteiger charge is -2.17. The van der Waals surface area contributed by atoms with Crippen LogP contribution in [0.15, 0.2) is 9.59 Å². The number of halogens is 1. The Labute approximate surface area is 97.9 Å². The second-order valence-electron chi connectivity index (χ2n) is 4.59. The van der Waals surface area contributed by atoms with E-state index in [-0.39, 0.29) is 6.04 Å². The molecule has 1 atom stereocenters. The molecule has 0 saturated carbocycles. The zero-order valence-corrected chi connectivity index (χ0v) is 10.2. The van der Waals surface area contributed by atoms with Crippen LogP contribution in [0.25, 0.3) is 0 Å². The summed E-state index contributed by atoms with van der Waals surface area (Å²) in [4.78, 5) is 24.2. The number of hydrogen-bond donors (Lipinski definition) is 2. The fraction of sp³-hybridized carbons (Fsp3) is 0.636. The topological polar surface area (TPSA) is 75.1 Å². The summed E-state index contributed by atoms with van der Waals surface area (Å²) in [5, 5.41) is 9.46. The number of H-pyrrole nitrogens is 1. The molecule has 0 aliphatic heterocycles. The van der Waals surface area contributed by atoms with E-state index in [0.29, 0.717) is 12.3 Å². The van der Waals surface area contributed by atoms with Crippen molar-refractivity contribution in [2.75, 3.05) is 0 Å². The van der Waals surface area contributed by atoms with Crippen molar-refractivity contribution in [3.05, 3.63) is 26.7 Å². The molecule has 1 rings (SSSR count). The average Bonchev–Trinajstić information content (AvgIpc) is 2.23. The Balaban J connectivity index is 3.10. The Hall–Kier alpha value is -1.59. The lowest BCUT2D eigenvalue weighted by molar-refractivity contribution is 0.322. The smallest absolute Gasteiger partial charge is 0.331 e. The largest absolute Gasteiger partial charge is 0.492 e. The van der Waals surface area contributed by atoms with Gasteiger partial charge in [-0.2, -0.15) is 4.39 Å². The normalized spacial score (nSPS) is 13.0. The van der Waals surface area contributed by atoms with Crippen LogP contribution in [-0.4, -0.2) is 14.7 Å². The maximum absolute atomic E-state index is 13.2. The second-order valence-corrected chi connectivity index (χ2v) is 4.59. The molecule has 5 nitrogen and oxygen atoms in total. The zero-order valence-electron chi connectivity index (χ0n) is 10.2. The Morgan fingerprint density at radius 2 is 1.88 bits per heavy atom. The molecule has 0 fully saturated rings. The monoisotopic (exact) mass is 244 g/mol. The van der Waals surface area contributed by atoms with E-state index < -0.39 is 22.9 Å². The molecular formula is C11H17FN2O3. The molecule has 96 valence electrons. The summed E-state index contributed by atoms with van der Waals surface area (Å²) in [6.07, 6.45) is 1.46. The third kappa shape index (κ3) is 2.95. The van der Waals surface area contributed by atoms with E-state index in [0.717, 1.165) is 11.0 Å². The standard InChI is InChI=1S/C11H17FN2O3/c1-6(2)4-5-7(3)14-10(16)8(12)9(15)13-11(14)17/h6-7,16H,4-5H2,1-3H3,(H,13,15,17). The molecule has 1 aromatic rings. The quantitative estimate of drug-likeness (QED) is 0.840. The Morgan fingerprint density at radius 3 is 2.41 bits per heavy atom. The molecule has 0 aromatic carbocycles. The van der Waals surface area contributed by atoms with Crippen LogP contribution < -0.4 is 11.2 Å². The molecule has 0 spiro atoms. The van der Waals surface area contributed by atoms with Crippen LogP contribution in [0.2, 0.25) is 0 Å². The van der Waals surface area contributed by atoms with Gasteiger partial charge < -0.3 is 5.11 Å². The van der Waals surface area contributed by atoms with Gasteiger partial charge in [0.25, 0.3) is 5.56 Å². The molecule has 6 heteroatoms. The van der Waals surface area contributed by atoms with Crippen LogP contribution in [0.1, 0.15) is 39.7 Å². The molecule has 0 bridgehead atoms. The number of nitrogens with zero attached hydrogens (tertiary/aromatic N) is 1. The predicted octanol–water partition coefficient (Wildman–Crippen LogP) is 1.38. The number of hydrogen-bond acceptors (Lipinski definition) is 3. The number of rotatable bonds is 4. The van der Waals surface area contributed by atoms with Gasteiger partial charge in [-0.3, -0.25) is 14.3 Å². The number of aromatic nitrogens is 2. The van der Waals surface area contributed by atoms with Crippen molar-refractivity contribution in [2.45, 2.75) is 39.7 Å². The zero-order chi connectivity index (χ0) is 13.2. The van der Waals surface area contributed by atoms with E-state index in [2.05, 4.69) is 0 Å².